The summed E-state index contributed by atoms with van der Waals surface area (Å²) in [5.74, 6) is 0.127. The van der Waals surface area contributed by atoms with E-state index in [0.29, 0.717) is 30.0 Å². The quantitative estimate of drug-likeness (QED) is 0.389. The van der Waals surface area contributed by atoms with Crippen molar-refractivity contribution in [3.05, 3.63) is 95.0 Å². The van der Waals surface area contributed by atoms with E-state index >= 15 is 0 Å². The fourth-order valence-electron chi connectivity index (χ4n) is 3.50. The smallest absolute Gasteiger partial charge is 0.253 e. The molecule has 0 aliphatic heterocycles. The van der Waals surface area contributed by atoms with Crippen LogP contribution in [0.5, 0.6) is 0 Å². The number of H-pyrrole nitrogens is 1. The number of fused-ring (bicyclic) bond motifs is 1. The van der Waals surface area contributed by atoms with Gasteiger partial charge in [0.2, 0.25) is 5.91 Å². The van der Waals surface area contributed by atoms with Crippen LogP contribution in [0.1, 0.15) is 21.7 Å². The van der Waals surface area contributed by atoms with E-state index in [1.807, 2.05) is 36.5 Å². The maximum absolute atomic E-state index is 13.0. The summed E-state index contributed by atoms with van der Waals surface area (Å²) in [4.78, 5) is 29.0. The van der Waals surface area contributed by atoms with Crippen LogP contribution in [0.3, 0.4) is 0 Å². The normalized spacial score (nSPS) is 11.9. The molecule has 3 N–H and O–H groups in total. The Bertz CT molecular complexity index is 1180. The SMILES string of the molecule is O=C(N[C@@H](Cc1c[nH]c2ccccc12)C(=O)NCCc1ccco1)c1ccccc1Cl. The number of halogens is 1. The Morgan fingerprint density at radius 1 is 1.03 bits per heavy atom. The number of carbonyl (C=O) groups is 2. The zero-order chi connectivity index (χ0) is 21.6. The molecule has 0 radical (unpaired) electrons. The van der Waals surface area contributed by atoms with Gasteiger partial charge in [0.1, 0.15) is 11.8 Å². The first-order valence-electron chi connectivity index (χ1n) is 10.0. The third-order valence-corrected chi connectivity index (χ3v) is 5.42. The molecule has 7 heteroatoms. The van der Waals surface area contributed by atoms with E-state index in [1.54, 1.807) is 36.6 Å². The minimum atomic E-state index is -0.764. The van der Waals surface area contributed by atoms with Gasteiger partial charge in [-0.15, -0.1) is 0 Å². The number of amides is 2. The Balaban J connectivity index is 1.51. The molecule has 2 heterocycles. The number of hydrogen-bond donors (Lipinski definition) is 3. The Morgan fingerprint density at radius 2 is 1.84 bits per heavy atom. The second-order valence-corrected chi connectivity index (χ2v) is 7.60. The van der Waals surface area contributed by atoms with E-state index in [9.17, 15) is 9.59 Å². The lowest BCUT2D eigenvalue weighted by molar-refractivity contribution is -0.122. The number of para-hydroxylation sites is 1. The van der Waals surface area contributed by atoms with Crippen molar-refractivity contribution >= 4 is 34.3 Å². The van der Waals surface area contributed by atoms with Crippen molar-refractivity contribution in [3.63, 3.8) is 0 Å². The van der Waals surface area contributed by atoms with E-state index < -0.39 is 11.9 Å². The summed E-state index contributed by atoms with van der Waals surface area (Å²) in [6.07, 6.45) is 4.38. The predicted octanol–water partition coefficient (Wildman–Crippen LogP) is 4.11. The molecule has 2 aromatic heterocycles. The second kappa shape index (κ2) is 9.53. The molecule has 0 unspecified atom stereocenters. The molecule has 31 heavy (non-hydrogen) atoms. The minimum Gasteiger partial charge on any atom is -0.469 e. The number of hydrogen-bond acceptors (Lipinski definition) is 3. The maximum Gasteiger partial charge on any atom is 0.253 e. The number of nitrogens with one attached hydrogen (secondary N) is 3. The highest BCUT2D eigenvalue weighted by molar-refractivity contribution is 6.33. The van der Waals surface area contributed by atoms with Crippen LogP contribution in [0, 0.1) is 0 Å². The summed E-state index contributed by atoms with van der Waals surface area (Å²) >= 11 is 6.17. The van der Waals surface area contributed by atoms with E-state index in [-0.39, 0.29) is 5.91 Å². The molecule has 0 saturated heterocycles. The lowest BCUT2D eigenvalue weighted by Gasteiger charge is -2.19. The minimum absolute atomic E-state index is 0.266. The van der Waals surface area contributed by atoms with Crippen LogP contribution in [0.25, 0.3) is 10.9 Å². The van der Waals surface area contributed by atoms with Crippen molar-refractivity contribution in [1.82, 2.24) is 15.6 Å². The molecule has 4 rings (SSSR count). The van der Waals surface area contributed by atoms with E-state index in [2.05, 4.69) is 15.6 Å². The van der Waals surface area contributed by atoms with Crippen molar-refractivity contribution in [3.8, 4) is 0 Å². The topological polar surface area (TPSA) is 87.1 Å². The lowest BCUT2D eigenvalue weighted by Crippen LogP contribution is -2.48. The van der Waals surface area contributed by atoms with Gasteiger partial charge in [0.15, 0.2) is 0 Å². The van der Waals surface area contributed by atoms with Crippen LogP contribution in [0.4, 0.5) is 0 Å². The fraction of sp³-hybridized carbons (Fsp3) is 0.167. The van der Waals surface area contributed by atoms with Crippen LogP contribution < -0.4 is 10.6 Å². The highest BCUT2D eigenvalue weighted by atomic mass is 35.5. The van der Waals surface area contributed by atoms with Gasteiger partial charge < -0.3 is 20.0 Å². The predicted molar refractivity (Wildman–Crippen MR) is 120 cm³/mol. The molecule has 0 bridgehead atoms. The first kappa shape index (κ1) is 20.8. The summed E-state index contributed by atoms with van der Waals surface area (Å²) in [7, 11) is 0. The largest absolute Gasteiger partial charge is 0.469 e. The molecule has 1 atom stereocenters. The summed E-state index contributed by atoms with van der Waals surface area (Å²) in [5, 5.41) is 7.10. The van der Waals surface area contributed by atoms with Crippen molar-refractivity contribution in [2.75, 3.05) is 6.54 Å². The molecule has 0 fully saturated rings. The summed E-state index contributed by atoms with van der Waals surface area (Å²) in [5.41, 5.74) is 2.25. The van der Waals surface area contributed by atoms with Gasteiger partial charge in [-0.25, -0.2) is 0 Å². The van der Waals surface area contributed by atoms with Crippen LogP contribution >= 0.6 is 11.6 Å². The van der Waals surface area contributed by atoms with Crippen LogP contribution in [-0.4, -0.2) is 29.4 Å². The van der Waals surface area contributed by atoms with Crippen molar-refractivity contribution in [1.29, 1.82) is 0 Å². The Kier molecular flexibility index (Phi) is 6.38. The third kappa shape index (κ3) is 4.98. The van der Waals surface area contributed by atoms with E-state index in [0.717, 1.165) is 22.2 Å². The van der Waals surface area contributed by atoms with Gasteiger partial charge in [0, 0.05) is 36.5 Å². The van der Waals surface area contributed by atoms with Crippen molar-refractivity contribution < 1.29 is 14.0 Å². The molecule has 0 saturated carbocycles. The number of benzene rings is 2. The van der Waals surface area contributed by atoms with E-state index in [4.69, 9.17) is 16.0 Å². The number of aromatic amines is 1. The molecule has 6 nitrogen and oxygen atoms in total. The van der Waals surface area contributed by atoms with Gasteiger partial charge in [-0.3, -0.25) is 9.59 Å². The van der Waals surface area contributed by atoms with Gasteiger partial charge in [0.05, 0.1) is 16.8 Å². The highest BCUT2D eigenvalue weighted by Gasteiger charge is 2.24. The fourth-order valence-corrected chi connectivity index (χ4v) is 3.72. The molecule has 4 aromatic rings. The van der Waals surface area contributed by atoms with Crippen molar-refractivity contribution in [2.24, 2.45) is 0 Å². The van der Waals surface area contributed by atoms with Gasteiger partial charge in [-0.1, -0.05) is 41.9 Å². The highest BCUT2D eigenvalue weighted by Crippen LogP contribution is 2.20. The van der Waals surface area contributed by atoms with Crippen molar-refractivity contribution in [2.45, 2.75) is 18.9 Å². The molecule has 0 aliphatic carbocycles. The average molecular weight is 436 g/mol. The summed E-state index contributed by atoms with van der Waals surface area (Å²) in [6.45, 7) is 0.401. The molecular formula is C24H22ClN3O3. The number of rotatable bonds is 8. The number of carbonyl (C=O) groups excluding carboxylic acids is 2. The molecule has 158 valence electrons. The number of aromatic nitrogens is 1. The standard InChI is InChI=1S/C24H22ClN3O3/c25-20-9-3-1-8-19(20)23(29)28-22(24(30)26-12-11-17-6-5-13-31-17)14-16-15-27-21-10-4-2-7-18(16)21/h1-10,13,15,22,27H,11-12,14H2,(H,26,30)(H,28,29)/t22-/m0/s1. The Labute approximate surface area is 184 Å². The Morgan fingerprint density at radius 3 is 2.65 bits per heavy atom. The first-order valence-corrected chi connectivity index (χ1v) is 10.4. The van der Waals surface area contributed by atoms with Crippen LogP contribution in [0.15, 0.2) is 77.5 Å². The summed E-state index contributed by atoms with van der Waals surface area (Å²) in [6, 6.07) is 17.5. The summed E-state index contributed by atoms with van der Waals surface area (Å²) < 4.78 is 5.30. The Hall–Kier alpha value is -3.51. The van der Waals surface area contributed by atoms with Crippen LogP contribution in [0.2, 0.25) is 5.02 Å². The zero-order valence-electron chi connectivity index (χ0n) is 16.7. The maximum atomic E-state index is 13.0. The molecular weight excluding hydrogens is 414 g/mol. The third-order valence-electron chi connectivity index (χ3n) is 5.09. The number of furan rings is 1. The monoisotopic (exact) mass is 435 g/mol. The lowest BCUT2D eigenvalue weighted by atomic mass is 10.0. The molecule has 0 spiro atoms. The van der Waals surface area contributed by atoms with Crippen LogP contribution in [-0.2, 0) is 17.6 Å². The molecule has 2 amide bonds. The first-order chi connectivity index (χ1) is 15.1. The molecule has 0 aliphatic rings. The van der Waals surface area contributed by atoms with Gasteiger partial charge in [0.25, 0.3) is 5.91 Å². The van der Waals surface area contributed by atoms with Gasteiger partial charge >= 0.3 is 0 Å². The zero-order valence-corrected chi connectivity index (χ0v) is 17.5. The van der Waals surface area contributed by atoms with E-state index in [1.165, 1.54) is 0 Å². The van der Waals surface area contributed by atoms with Gasteiger partial charge in [-0.05, 0) is 35.9 Å². The average Bonchev–Trinajstić information content (AvgIpc) is 3.44. The van der Waals surface area contributed by atoms with Gasteiger partial charge in [-0.2, -0.15) is 0 Å². The second-order valence-electron chi connectivity index (χ2n) is 7.19. The molecule has 2 aromatic carbocycles.